The van der Waals surface area contributed by atoms with E-state index in [0.717, 1.165) is 56.3 Å². The van der Waals surface area contributed by atoms with Crippen molar-refractivity contribution in [3.8, 4) is 0 Å². The number of halogens is 1. The van der Waals surface area contributed by atoms with Crippen LogP contribution in [0.5, 0.6) is 0 Å². The van der Waals surface area contributed by atoms with Gasteiger partial charge in [-0.1, -0.05) is 17.7 Å². The van der Waals surface area contributed by atoms with Crippen LogP contribution in [0.15, 0.2) is 24.3 Å². The van der Waals surface area contributed by atoms with Crippen molar-refractivity contribution in [2.75, 3.05) is 63.9 Å². The molecule has 1 N–H and O–H groups in total. The van der Waals surface area contributed by atoms with Crippen LogP contribution < -0.4 is 10.2 Å². The van der Waals surface area contributed by atoms with E-state index in [9.17, 15) is 14.4 Å². The Labute approximate surface area is 217 Å². The lowest BCUT2D eigenvalue weighted by molar-refractivity contribution is -0.166. The van der Waals surface area contributed by atoms with Crippen molar-refractivity contribution in [2.24, 2.45) is 5.41 Å². The molecule has 5 rings (SSSR count). The van der Waals surface area contributed by atoms with Crippen molar-refractivity contribution in [2.45, 2.75) is 44.2 Å². The van der Waals surface area contributed by atoms with Gasteiger partial charge in [-0.3, -0.25) is 19.3 Å². The third kappa shape index (κ3) is 5.06. The zero-order chi connectivity index (χ0) is 25.3. The van der Waals surface area contributed by atoms with Crippen LogP contribution in [0.25, 0.3) is 0 Å². The molecular weight excluding hydrogens is 484 g/mol. The molecule has 9 nitrogen and oxygen atoms in total. The average Bonchev–Trinajstić information content (AvgIpc) is 3.15. The van der Waals surface area contributed by atoms with Crippen LogP contribution in [-0.4, -0.2) is 98.3 Å². The van der Waals surface area contributed by atoms with Crippen LogP contribution in [0.4, 0.5) is 5.69 Å². The minimum atomic E-state index is -0.953. The largest absolute Gasteiger partial charge is 0.462 e. The second-order valence-electron chi connectivity index (χ2n) is 10.7. The Balaban J connectivity index is 1.08. The minimum absolute atomic E-state index is 0.0727. The summed E-state index contributed by atoms with van der Waals surface area (Å²) in [5, 5.41) is 3.52. The summed E-state index contributed by atoms with van der Waals surface area (Å²) < 4.78 is 11.1. The number of nitrogens with zero attached hydrogens (tertiary/aromatic N) is 3. The fourth-order valence-electron chi connectivity index (χ4n) is 5.97. The molecule has 1 aromatic carbocycles. The standard InChI is InChI=1S/C26H35ClN4O5/c1-19(32)28-26(17-35-18-26)23(33)31-9-6-25(7-10-31)16-22(36-24(25)34)5-8-29-11-13-30(14-12-29)21-4-2-3-20(27)15-21/h2-4,15,22H,5-14,16-18H2,1H3,(H,28,32)/t22-/m0/s1. The Bertz CT molecular complexity index is 1000. The molecule has 0 radical (unpaired) electrons. The number of benzene rings is 1. The molecule has 36 heavy (non-hydrogen) atoms. The maximum Gasteiger partial charge on any atom is 0.312 e. The molecule has 4 aliphatic heterocycles. The quantitative estimate of drug-likeness (QED) is 0.573. The van der Waals surface area contributed by atoms with Gasteiger partial charge in [0.25, 0.3) is 5.91 Å². The summed E-state index contributed by atoms with van der Waals surface area (Å²) in [4.78, 5) is 44.1. The van der Waals surface area contributed by atoms with E-state index in [0.29, 0.717) is 25.9 Å². The van der Waals surface area contributed by atoms with Gasteiger partial charge >= 0.3 is 5.97 Å². The number of hydrogen-bond donors (Lipinski definition) is 1. The van der Waals surface area contributed by atoms with Crippen LogP contribution in [0.2, 0.25) is 5.02 Å². The minimum Gasteiger partial charge on any atom is -0.462 e. The second kappa shape index (κ2) is 10.2. The Hall–Kier alpha value is -2.36. The van der Waals surface area contributed by atoms with Gasteiger partial charge in [-0.2, -0.15) is 0 Å². The lowest BCUT2D eigenvalue weighted by Gasteiger charge is -2.45. The van der Waals surface area contributed by atoms with Crippen molar-refractivity contribution in [1.82, 2.24) is 15.1 Å². The molecule has 4 heterocycles. The molecule has 10 heteroatoms. The first kappa shape index (κ1) is 25.3. The molecule has 0 aromatic heterocycles. The fourth-order valence-corrected chi connectivity index (χ4v) is 6.15. The molecule has 2 amide bonds. The molecule has 1 aromatic rings. The zero-order valence-corrected chi connectivity index (χ0v) is 21.6. The molecule has 0 aliphatic carbocycles. The van der Waals surface area contributed by atoms with Gasteiger partial charge in [0, 0.05) is 69.9 Å². The summed E-state index contributed by atoms with van der Waals surface area (Å²) >= 11 is 6.14. The van der Waals surface area contributed by atoms with E-state index in [4.69, 9.17) is 21.1 Å². The summed E-state index contributed by atoms with van der Waals surface area (Å²) in [6, 6.07) is 7.98. The maximum absolute atomic E-state index is 13.1. The predicted octanol–water partition coefficient (Wildman–Crippen LogP) is 1.68. The monoisotopic (exact) mass is 518 g/mol. The number of piperazine rings is 1. The van der Waals surface area contributed by atoms with Crippen molar-refractivity contribution in [3.63, 3.8) is 0 Å². The van der Waals surface area contributed by atoms with E-state index in [1.54, 1.807) is 4.90 Å². The average molecular weight is 519 g/mol. The zero-order valence-electron chi connectivity index (χ0n) is 20.8. The highest BCUT2D eigenvalue weighted by molar-refractivity contribution is 6.30. The molecule has 4 aliphatic rings. The number of hydrogen-bond acceptors (Lipinski definition) is 7. The number of amides is 2. The van der Waals surface area contributed by atoms with Crippen molar-refractivity contribution < 1.29 is 23.9 Å². The summed E-state index contributed by atoms with van der Waals surface area (Å²) in [6.07, 6.45) is 2.68. The number of piperidine rings is 1. The number of carbonyl (C=O) groups excluding carboxylic acids is 3. The Kier molecular flexibility index (Phi) is 7.16. The highest BCUT2D eigenvalue weighted by Gasteiger charge is 2.54. The number of likely N-dealkylation sites (tertiary alicyclic amines) is 1. The predicted molar refractivity (Wildman–Crippen MR) is 135 cm³/mol. The van der Waals surface area contributed by atoms with E-state index in [2.05, 4.69) is 21.2 Å². The third-order valence-electron chi connectivity index (χ3n) is 8.17. The number of cyclic esters (lactones) is 1. The number of carbonyl (C=O) groups is 3. The highest BCUT2D eigenvalue weighted by Crippen LogP contribution is 2.44. The third-order valence-corrected chi connectivity index (χ3v) is 8.40. The van der Waals surface area contributed by atoms with Crippen molar-refractivity contribution >= 4 is 35.1 Å². The lowest BCUT2D eigenvalue weighted by Crippen LogP contribution is -2.70. The molecule has 4 saturated heterocycles. The van der Waals surface area contributed by atoms with E-state index >= 15 is 0 Å². The van der Waals surface area contributed by atoms with E-state index in [-0.39, 0.29) is 37.1 Å². The second-order valence-corrected chi connectivity index (χ2v) is 11.1. The summed E-state index contributed by atoms with van der Waals surface area (Å²) in [6.45, 7) is 7.53. The van der Waals surface area contributed by atoms with E-state index < -0.39 is 11.0 Å². The number of anilines is 1. The summed E-state index contributed by atoms with van der Waals surface area (Å²) in [5.41, 5.74) is -0.290. The number of rotatable bonds is 6. The number of ether oxygens (including phenoxy) is 2. The smallest absolute Gasteiger partial charge is 0.312 e. The molecule has 0 bridgehead atoms. The topological polar surface area (TPSA) is 91.4 Å². The van der Waals surface area contributed by atoms with Crippen LogP contribution in [0, 0.1) is 5.41 Å². The number of nitrogens with one attached hydrogen (secondary N) is 1. The molecule has 4 fully saturated rings. The van der Waals surface area contributed by atoms with Gasteiger partial charge in [0.15, 0.2) is 5.54 Å². The molecule has 0 unspecified atom stereocenters. The Morgan fingerprint density at radius 1 is 1.11 bits per heavy atom. The van der Waals surface area contributed by atoms with Crippen LogP contribution >= 0.6 is 11.6 Å². The molecular formula is C26H35ClN4O5. The molecule has 1 atom stereocenters. The van der Waals surface area contributed by atoms with Gasteiger partial charge in [0.05, 0.1) is 18.6 Å². The van der Waals surface area contributed by atoms with Gasteiger partial charge in [-0.05, 0) is 37.5 Å². The summed E-state index contributed by atoms with van der Waals surface area (Å²) in [7, 11) is 0. The van der Waals surface area contributed by atoms with E-state index in [1.165, 1.54) is 6.92 Å². The molecule has 196 valence electrons. The van der Waals surface area contributed by atoms with Crippen LogP contribution in [0.1, 0.15) is 32.6 Å². The van der Waals surface area contributed by atoms with E-state index in [1.807, 2.05) is 18.2 Å². The van der Waals surface area contributed by atoms with Gasteiger partial charge in [-0.15, -0.1) is 0 Å². The van der Waals surface area contributed by atoms with Gasteiger partial charge in [0.1, 0.15) is 6.10 Å². The van der Waals surface area contributed by atoms with Gasteiger partial charge < -0.3 is 24.6 Å². The van der Waals surface area contributed by atoms with Crippen molar-refractivity contribution in [3.05, 3.63) is 29.3 Å². The lowest BCUT2D eigenvalue weighted by atomic mass is 9.75. The van der Waals surface area contributed by atoms with Gasteiger partial charge in [-0.25, -0.2) is 0 Å². The van der Waals surface area contributed by atoms with Crippen LogP contribution in [0.3, 0.4) is 0 Å². The van der Waals surface area contributed by atoms with Crippen LogP contribution in [-0.2, 0) is 23.9 Å². The molecule has 1 spiro atoms. The summed E-state index contributed by atoms with van der Waals surface area (Å²) in [5.74, 6) is -0.472. The first-order valence-electron chi connectivity index (χ1n) is 12.9. The first-order valence-corrected chi connectivity index (χ1v) is 13.3. The van der Waals surface area contributed by atoms with Crippen molar-refractivity contribution in [1.29, 1.82) is 0 Å². The molecule has 0 saturated carbocycles. The SMILES string of the molecule is CC(=O)NC1(C(=O)N2CCC3(CC2)C[C@H](CCN2CCN(c4cccc(Cl)c4)CC2)OC3=O)COC1. The number of esters is 1. The first-order chi connectivity index (χ1) is 17.3. The normalized spacial score (nSPS) is 25.4. The maximum atomic E-state index is 13.1. The Morgan fingerprint density at radius 2 is 1.83 bits per heavy atom. The highest BCUT2D eigenvalue weighted by atomic mass is 35.5. The van der Waals surface area contributed by atoms with Gasteiger partial charge in [0.2, 0.25) is 5.91 Å². The Morgan fingerprint density at radius 3 is 2.44 bits per heavy atom. The fraction of sp³-hybridized carbons (Fsp3) is 0.654.